The fraction of sp³-hybridized carbons (Fsp3) is 0.0879. The molecule has 0 atom stereocenters. The number of benzene rings is 13. The molecular formula is C91H74O5P2S6. The van der Waals surface area contributed by atoms with Gasteiger partial charge < -0.3 is 13.6 Å². The number of carbonyl (C=O) groups is 1. The standard InChI is InChI=1S/C52H34S4.C20H28O4P2.C19H12OS2/c1-3-17-47-45(15-1)53-49-19-7-13-43(51(49)55-47)41-11-5-9-37(33-41)23-21-35-25-29-39(30-26-35)40-31-27-36(28-32-40)22-24-38-10-6-12-42(34-38)44-14-8-20-50-52(44)56-48-18-4-2-16-46(48)54-50;1-5-23-26(22,24-6-2)16-18-9-13-20(14-10-18)19-11-7-17(8-12-19)15-25(3,4)21;20-12-13-5-3-6-14(11-13)15-7-4-10-18-19(15)22-17-9-2-1-8-16(17)21-18/h1-34H;7-14H,5-6,15-16H2,1-4H3;1-12H/b23-21+,24-22+;;. The molecule has 0 fully saturated rings. The van der Waals surface area contributed by atoms with Crippen molar-refractivity contribution in [3.05, 3.63) is 336 Å². The Balaban J connectivity index is 0.000000156. The normalized spacial score (nSPS) is 12.7. The van der Waals surface area contributed by atoms with Crippen molar-refractivity contribution in [2.45, 2.75) is 84.9 Å². The van der Waals surface area contributed by atoms with E-state index in [1.807, 2.05) is 164 Å². The van der Waals surface area contributed by atoms with Gasteiger partial charge in [-0.3, -0.25) is 9.36 Å². The molecule has 0 radical (unpaired) electrons. The van der Waals surface area contributed by atoms with Crippen LogP contribution >= 0.6 is 85.3 Å². The summed E-state index contributed by atoms with van der Waals surface area (Å²) in [5, 5.41) is 0. The zero-order chi connectivity index (χ0) is 71.4. The van der Waals surface area contributed by atoms with E-state index in [1.165, 1.54) is 120 Å². The summed E-state index contributed by atoms with van der Waals surface area (Å²) in [6.07, 6.45) is 10.6. The van der Waals surface area contributed by atoms with E-state index >= 15 is 0 Å². The number of carbonyl (C=O) groups excluding carboxylic acids is 1. The third-order valence-electron chi connectivity index (χ3n) is 17.4. The first-order valence-corrected chi connectivity index (χ1v) is 43.9. The zero-order valence-electron chi connectivity index (χ0n) is 57.9. The lowest BCUT2D eigenvalue weighted by atomic mass is 10.0. The molecule has 3 heterocycles. The van der Waals surface area contributed by atoms with Crippen LogP contribution in [0.25, 0.3) is 79.9 Å². The lowest BCUT2D eigenvalue weighted by molar-refractivity contribution is 0.112. The van der Waals surface area contributed by atoms with Gasteiger partial charge in [-0.25, -0.2) is 0 Å². The van der Waals surface area contributed by atoms with Gasteiger partial charge in [0.15, 0.2) is 0 Å². The van der Waals surface area contributed by atoms with Crippen molar-refractivity contribution in [3.63, 3.8) is 0 Å². The Labute approximate surface area is 636 Å². The summed E-state index contributed by atoms with van der Waals surface area (Å²) in [6.45, 7) is 7.98. The number of hydrogen-bond acceptors (Lipinski definition) is 11. The highest BCUT2D eigenvalue weighted by Gasteiger charge is 2.26. The summed E-state index contributed by atoms with van der Waals surface area (Å²) in [6, 6.07) is 105. The minimum absolute atomic E-state index is 0.274. The first-order chi connectivity index (χ1) is 50.8. The summed E-state index contributed by atoms with van der Waals surface area (Å²) in [5.41, 5.74) is 19.4. The van der Waals surface area contributed by atoms with Gasteiger partial charge in [0.2, 0.25) is 0 Å². The summed E-state index contributed by atoms with van der Waals surface area (Å²) < 4.78 is 35.3. The molecule has 0 N–H and O–H groups in total. The smallest absolute Gasteiger partial charge is 0.324 e. The van der Waals surface area contributed by atoms with Crippen LogP contribution in [0.4, 0.5) is 0 Å². The summed E-state index contributed by atoms with van der Waals surface area (Å²) >= 11 is 11.1. The van der Waals surface area contributed by atoms with Crippen molar-refractivity contribution in [3.8, 4) is 55.6 Å². The van der Waals surface area contributed by atoms with E-state index in [0.29, 0.717) is 24.9 Å². The maximum absolute atomic E-state index is 12.6. The molecule has 0 unspecified atom stereocenters. The van der Waals surface area contributed by atoms with Gasteiger partial charge in [-0.15, -0.1) is 0 Å². The molecule has 0 spiro atoms. The van der Waals surface area contributed by atoms with E-state index in [1.54, 1.807) is 0 Å². The first kappa shape index (κ1) is 72.4. The molecule has 13 heteroatoms. The van der Waals surface area contributed by atoms with E-state index in [4.69, 9.17) is 9.05 Å². The molecule has 3 aliphatic heterocycles. The van der Waals surface area contributed by atoms with Crippen molar-refractivity contribution in [1.29, 1.82) is 0 Å². The molecule has 3 aliphatic rings. The van der Waals surface area contributed by atoms with E-state index in [0.717, 1.165) is 34.1 Å². The van der Waals surface area contributed by atoms with Crippen LogP contribution < -0.4 is 0 Å². The number of fused-ring (bicyclic) bond motifs is 6. The fourth-order valence-electron chi connectivity index (χ4n) is 12.5. The van der Waals surface area contributed by atoms with Crippen molar-refractivity contribution >= 4 is 116 Å². The van der Waals surface area contributed by atoms with Gasteiger partial charge in [0.25, 0.3) is 0 Å². The minimum atomic E-state index is -3.08. The van der Waals surface area contributed by atoms with Gasteiger partial charge in [0.1, 0.15) is 6.29 Å². The minimum Gasteiger partial charge on any atom is -0.324 e. The fourth-order valence-corrected chi connectivity index (χ4v) is 22.5. The Bertz CT molecular complexity index is 5210. The van der Waals surface area contributed by atoms with Crippen LogP contribution in [-0.4, -0.2) is 32.8 Å². The van der Waals surface area contributed by atoms with Crippen molar-refractivity contribution in [2.75, 3.05) is 26.5 Å². The first-order valence-electron chi connectivity index (χ1n) is 34.5. The number of hydrogen-bond donors (Lipinski definition) is 0. The molecular weight excluding hydrogens is 1430 g/mol. The van der Waals surface area contributed by atoms with Gasteiger partial charge in [-0.05, 0) is 189 Å². The van der Waals surface area contributed by atoms with Crippen LogP contribution in [0, 0.1) is 0 Å². The average Bonchev–Trinajstić information content (AvgIpc) is 0.779. The van der Waals surface area contributed by atoms with Crippen LogP contribution in [0.5, 0.6) is 0 Å². The maximum atomic E-state index is 12.6. The summed E-state index contributed by atoms with van der Waals surface area (Å²) in [7, 11) is -5.14. The lowest BCUT2D eigenvalue weighted by Crippen LogP contribution is -1.99. The number of aldehydes is 1. The molecule has 0 aliphatic carbocycles. The second kappa shape index (κ2) is 33.7. The monoisotopic (exact) mass is 1500 g/mol. The summed E-state index contributed by atoms with van der Waals surface area (Å²) in [5.74, 6) is 0. The SMILES string of the molecule is C(=C\c1cccc(-c2cccc3c2Sc2ccccc2S3)c1)/c1ccc(-c2ccc(/C=C/c3cccc(-c4cccc5c4Sc4ccccc4S5)c3)cc2)cc1.CCOP(=O)(Cc1ccc(-c2ccc(CP(C)(C)=O)cc2)cc1)OCC.O=Cc1cccc(-c2cccc3c2Sc2ccccc2S3)c1. The highest BCUT2D eigenvalue weighted by atomic mass is 32.2. The molecule has 0 amide bonds. The molecule has 104 heavy (non-hydrogen) atoms. The van der Waals surface area contributed by atoms with Crippen molar-refractivity contribution in [2.24, 2.45) is 0 Å². The predicted octanol–water partition coefficient (Wildman–Crippen LogP) is 28.3. The zero-order valence-corrected chi connectivity index (χ0v) is 64.6. The Kier molecular flexibility index (Phi) is 23.5. The topological polar surface area (TPSA) is 69.7 Å². The second-order valence-electron chi connectivity index (χ2n) is 25.5. The quantitative estimate of drug-likeness (QED) is 0.0469. The van der Waals surface area contributed by atoms with Gasteiger partial charge >= 0.3 is 7.60 Å². The van der Waals surface area contributed by atoms with Crippen molar-refractivity contribution < 1.29 is 23.0 Å². The molecule has 0 saturated heterocycles. The van der Waals surface area contributed by atoms with Crippen LogP contribution in [0.15, 0.2) is 356 Å². The Morgan fingerprint density at radius 2 is 0.577 bits per heavy atom. The third-order valence-corrected chi connectivity index (χ3v) is 28.5. The van der Waals surface area contributed by atoms with Gasteiger partial charge in [0.05, 0.1) is 26.5 Å². The lowest BCUT2D eigenvalue weighted by Gasteiger charge is -2.21. The van der Waals surface area contributed by atoms with E-state index < -0.39 is 14.7 Å². The van der Waals surface area contributed by atoms with E-state index in [2.05, 4.69) is 255 Å². The highest BCUT2D eigenvalue weighted by molar-refractivity contribution is 8.06. The van der Waals surface area contributed by atoms with Crippen LogP contribution in [0.3, 0.4) is 0 Å². The molecule has 13 aromatic carbocycles. The largest absolute Gasteiger partial charge is 0.335 e. The Morgan fingerprint density at radius 3 is 0.913 bits per heavy atom. The highest BCUT2D eigenvalue weighted by Crippen LogP contribution is 2.55. The molecule has 0 saturated carbocycles. The van der Waals surface area contributed by atoms with Crippen molar-refractivity contribution in [1.82, 2.24) is 0 Å². The Hall–Kier alpha value is -8.51. The maximum Gasteiger partial charge on any atom is 0.335 e. The van der Waals surface area contributed by atoms with Crippen LogP contribution in [-0.2, 0) is 30.5 Å². The molecule has 5 nitrogen and oxygen atoms in total. The van der Waals surface area contributed by atoms with Gasteiger partial charge in [-0.1, -0.05) is 319 Å². The van der Waals surface area contributed by atoms with E-state index in [9.17, 15) is 13.9 Å². The van der Waals surface area contributed by atoms with Gasteiger partial charge in [-0.2, -0.15) is 0 Å². The molecule has 16 rings (SSSR count). The Morgan fingerprint density at radius 1 is 0.288 bits per heavy atom. The van der Waals surface area contributed by atoms with Gasteiger partial charge in [0, 0.05) is 70.5 Å². The molecule has 0 bridgehead atoms. The average molecular weight is 1500 g/mol. The van der Waals surface area contributed by atoms with E-state index in [-0.39, 0.29) is 6.16 Å². The molecule has 0 aromatic heterocycles. The summed E-state index contributed by atoms with van der Waals surface area (Å²) in [4.78, 5) is 26.8. The number of rotatable bonds is 18. The third kappa shape index (κ3) is 18.1. The second-order valence-corrected chi connectivity index (χ2v) is 37.4. The van der Waals surface area contributed by atoms with Crippen LogP contribution in [0.2, 0.25) is 0 Å². The molecule has 13 aromatic rings. The molecule has 514 valence electrons. The predicted molar refractivity (Wildman–Crippen MR) is 444 cm³/mol. The van der Waals surface area contributed by atoms with Crippen LogP contribution in [0.1, 0.15) is 57.6 Å².